The Morgan fingerprint density at radius 3 is 2.53 bits per heavy atom. The Bertz CT molecular complexity index is 1070. The molecule has 174 valence electrons. The summed E-state index contributed by atoms with van der Waals surface area (Å²) < 4.78 is 7.20. The molecule has 0 N–H and O–H groups in total. The van der Waals surface area contributed by atoms with Crippen LogP contribution in [0.25, 0.3) is 10.6 Å². The number of likely N-dealkylation sites (tertiary alicyclic amines) is 1. The van der Waals surface area contributed by atoms with Crippen molar-refractivity contribution in [2.45, 2.75) is 65.7 Å². The van der Waals surface area contributed by atoms with E-state index in [1.54, 1.807) is 7.05 Å². The minimum Gasteiger partial charge on any atom is -0.373 e. The van der Waals surface area contributed by atoms with E-state index in [-0.39, 0.29) is 29.7 Å². The zero-order valence-corrected chi connectivity index (χ0v) is 20.7. The third-order valence-corrected chi connectivity index (χ3v) is 7.70. The van der Waals surface area contributed by atoms with Crippen LogP contribution in [0.4, 0.5) is 0 Å². The third-order valence-electron chi connectivity index (χ3n) is 6.53. The van der Waals surface area contributed by atoms with Crippen molar-refractivity contribution in [3.63, 3.8) is 0 Å². The number of carbonyl (C=O) groups is 1. The molecule has 0 aromatic carbocycles. The van der Waals surface area contributed by atoms with Gasteiger partial charge in [0.15, 0.2) is 0 Å². The summed E-state index contributed by atoms with van der Waals surface area (Å²) in [5.74, 6) is 0.0309. The topological polar surface area (TPSA) is 80.6 Å². The van der Waals surface area contributed by atoms with Crippen LogP contribution in [0.2, 0.25) is 0 Å². The Balaban J connectivity index is 1.58. The van der Waals surface area contributed by atoms with Crippen molar-refractivity contribution in [3.8, 4) is 10.6 Å². The highest BCUT2D eigenvalue weighted by Gasteiger charge is 2.34. The van der Waals surface area contributed by atoms with Crippen LogP contribution in [0.1, 0.15) is 53.3 Å². The quantitative estimate of drug-likeness (QED) is 0.699. The summed E-state index contributed by atoms with van der Waals surface area (Å²) in [6, 6.07) is 0.197. The SMILES string of the molecule is Cc1nc(-c2c(C)c(C)nn(C)c2=O)sc1C(=O)N1CCCC1CN1CC(C)OC(C)C1. The predicted molar refractivity (Wildman–Crippen MR) is 125 cm³/mol. The Morgan fingerprint density at radius 2 is 1.84 bits per heavy atom. The Morgan fingerprint density at radius 1 is 1.16 bits per heavy atom. The molecule has 0 aliphatic carbocycles. The van der Waals surface area contributed by atoms with Crippen LogP contribution >= 0.6 is 11.3 Å². The van der Waals surface area contributed by atoms with Crippen molar-refractivity contribution in [1.82, 2.24) is 24.6 Å². The highest BCUT2D eigenvalue weighted by molar-refractivity contribution is 7.17. The van der Waals surface area contributed by atoms with Gasteiger partial charge in [0.25, 0.3) is 11.5 Å². The van der Waals surface area contributed by atoms with E-state index in [4.69, 9.17) is 4.74 Å². The molecule has 2 aromatic rings. The van der Waals surface area contributed by atoms with Gasteiger partial charge in [-0.05, 0) is 53.0 Å². The fourth-order valence-electron chi connectivity index (χ4n) is 4.96. The van der Waals surface area contributed by atoms with Gasteiger partial charge in [-0.1, -0.05) is 0 Å². The van der Waals surface area contributed by atoms with Gasteiger partial charge in [-0.15, -0.1) is 11.3 Å². The molecule has 4 rings (SSSR count). The van der Waals surface area contributed by atoms with Gasteiger partial charge >= 0.3 is 0 Å². The van der Waals surface area contributed by atoms with E-state index in [0.29, 0.717) is 21.1 Å². The van der Waals surface area contributed by atoms with Crippen LogP contribution in [0.3, 0.4) is 0 Å². The summed E-state index contributed by atoms with van der Waals surface area (Å²) in [6.07, 6.45) is 2.45. The van der Waals surface area contributed by atoms with Gasteiger partial charge < -0.3 is 9.64 Å². The van der Waals surface area contributed by atoms with Gasteiger partial charge in [0.05, 0.1) is 29.2 Å². The third kappa shape index (κ3) is 4.38. The van der Waals surface area contributed by atoms with Gasteiger partial charge in [-0.25, -0.2) is 9.67 Å². The number of morpholine rings is 1. The van der Waals surface area contributed by atoms with Crippen LogP contribution in [0.5, 0.6) is 0 Å². The largest absolute Gasteiger partial charge is 0.373 e. The van der Waals surface area contributed by atoms with E-state index in [9.17, 15) is 9.59 Å². The summed E-state index contributed by atoms with van der Waals surface area (Å²) in [6.45, 7) is 13.3. The summed E-state index contributed by atoms with van der Waals surface area (Å²) in [5, 5.41) is 4.85. The number of aryl methyl sites for hydroxylation is 3. The highest BCUT2D eigenvalue weighted by Crippen LogP contribution is 2.31. The average molecular weight is 460 g/mol. The molecule has 2 aliphatic rings. The molecule has 3 unspecified atom stereocenters. The van der Waals surface area contributed by atoms with Crippen molar-refractivity contribution in [2.75, 3.05) is 26.2 Å². The first-order valence-corrected chi connectivity index (χ1v) is 12.2. The molecule has 2 saturated heterocycles. The second-order valence-corrected chi connectivity index (χ2v) is 10.2. The van der Waals surface area contributed by atoms with E-state index >= 15 is 0 Å². The highest BCUT2D eigenvalue weighted by atomic mass is 32.1. The zero-order chi connectivity index (χ0) is 23.2. The fraction of sp³-hybridized carbons (Fsp3) is 0.652. The van der Waals surface area contributed by atoms with Crippen molar-refractivity contribution in [2.24, 2.45) is 7.05 Å². The number of amides is 1. The van der Waals surface area contributed by atoms with E-state index in [1.807, 2.05) is 25.7 Å². The molecule has 9 heteroatoms. The van der Waals surface area contributed by atoms with Gasteiger partial charge in [-0.2, -0.15) is 5.10 Å². The van der Waals surface area contributed by atoms with Crippen molar-refractivity contribution in [3.05, 3.63) is 32.2 Å². The van der Waals surface area contributed by atoms with E-state index in [2.05, 4.69) is 28.8 Å². The molecule has 0 spiro atoms. The second kappa shape index (κ2) is 9.03. The maximum Gasteiger partial charge on any atom is 0.277 e. The molecule has 4 heterocycles. The molecule has 8 nitrogen and oxygen atoms in total. The van der Waals surface area contributed by atoms with Crippen LogP contribution in [-0.2, 0) is 11.8 Å². The van der Waals surface area contributed by atoms with Crippen LogP contribution < -0.4 is 5.56 Å². The maximum atomic E-state index is 13.6. The van der Waals surface area contributed by atoms with E-state index < -0.39 is 0 Å². The molecular formula is C23H33N5O3S. The first-order chi connectivity index (χ1) is 15.2. The Labute approximate surface area is 193 Å². The molecule has 0 saturated carbocycles. The minimum atomic E-state index is -0.185. The number of hydrogen-bond acceptors (Lipinski definition) is 7. The van der Waals surface area contributed by atoms with E-state index in [1.165, 1.54) is 16.0 Å². The predicted octanol–water partition coefficient (Wildman–Crippen LogP) is 2.54. The van der Waals surface area contributed by atoms with Crippen molar-refractivity contribution >= 4 is 17.2 Å². The molecule has 32 heavy (non-hydrogen) atoms. The Kier molecular flexibility index (Phi) is 6.51. The fourth-order valence-corrected chi connectivity index (χ4v) is 6.07. The number of rotatable bonds is 4. The van der Waals surface area contributed by atoms with Gasteiger partial charge in [0.1, 0.15) is 9.88 Å². The lowest BCUT2D eigenvalue weighted by molar-refractivity contribution is -0.0715. The number of aromatic nitrogens is 3. The number of hydrogen-bond donors (Lipinski definition) is 0. The van der Waals surface area contributed by atoms with Gasteiger partial charge in [-0.3, -0.25) is 14.5 Å². The molecule has 2 aliphatic heterocycles. The lowest BCUT2D eigenvalue weighted by atomic mass is 10.1. The summed E-state index contributed by atoms with van der Waals surface area (Å²) in [7, 11) is 1.65. The molecule has 3 atom stereocenters. The lowest BCUT2D eigenvalue weighted by Crippen LogP contribution is -2.50. The number of nitrogens with zero attached hydrogens (tertiary/aromatic N) is 5. The van der Waals surface area contributed by atoms with Crippen molar-refractivity contribution in [1.29, 1.82) is 0 Å². The summed E-state index contributed by atoms with van der Waals surface area (Å²) in [5.41, 5.74) is 2.65. The Hall–Kier alpha value is -2.10. The normalized spacial score (nSPS) is 24.3. The standard InChI is InChI=1S/C23H33N5O3S/c1-13-10-27(11-14(2)31-13)12-18-8-7-9-28(18)23(30)20-17(5)24-21(32-20)19-15(3)16(4)25-26(6)22(19)29/h13-14,18H,7-12H2,1-6H3. The van der Waals surface area contributed by atoms with Gasteiger partial charge in [0.2, 0.25) is 0 Å². The number of carbonyl (C=O) groups excluding carboxylic acids is 1. The first-order valence-electron chi connectivity index (χ1n) is 11.4. The molecule has 0 bridgehead atoms. The molecule has 2 aromatic heterocycles. The number of thiazole rings is 1. The van der Waals surface area contributed by atoms with Crippen LogP contribution in [0.15, 0.2) is 4.79 Å². The lowest BCUT2D eigenvalue weighted by Gasteiger charge is -2.38. The number of ether oxygens (including phenoxy) is 1. The van der Waals surface area contributed by atoms with E-state index in [0.717, 1.165) is 50.3 Å². The van der Waals surface area contributed by atoms with Crippen molar-refractivity contribution < 1.29 is 9.53 Å². The summed E-state index contributed by atoms with van der Waals surface area (Å²) >= 11 is 1.33. The zero-order valence-electron chi connectivity index (χ0n) is 19.8. The monoisotopic (exact) mass is 459 g/mol. The molecule has 0 radical (unpaired) electrons. The first kappa shape index (κ1) is 23.1. The molecular weight excluding hydrogens is 426 g/mol. The van der Waals surface area contributed by atoms with Crippen LogP contribution in [0, 0.1) is 20.8 Å². The molecule has 2 fully saturated rings. The second-order valence-electron chi connectivity index (χ2n) is 9.22. The minimum absolute atomic E-state index is 0.0309. The van der Waals surface area contributed by atoms with Gasteiger partial charge in [0, 0.05) is 39.3 Å². The average Bonchev–Trinajstić information content (AvgIpc) is 3.32. The smallest absolute Gasteiger partial charge is 0.277 e. The van der Waals surface area contributed by atoms with Crippen LogP contribution in [-0.4, -0.2) is 74.9 Å². The molecule has 1 amide bonds. The maximum absolute atomic E-state index is 13.6. The summed E-state index contributed by atoms with van der Waals surface area (Å²) in [4.78, 5) is 36.0.